The Labute approximate surface area is 146 Å². The van der Waals surface area contributed by atoms with Gasteiger partial charge in [-0.2, -0.15) is 0 Å². The van der Waals surface area contributed by atoms with Crippen LogP contribution >= 0.6 is 0 Å². The Balaban J connectivity index is 1.49. The van der Waals surface area contributed by atoms with Crippen molar-refractivity contribution in [2.45, 2.75) is 20.3 Å². The maximum Gasteiger partial charge on any atom is 0.149 e. The molecule has 4 nitrogen and oxygen atoms in total. The molecule has 0 radical (unpaired) electrons. The molecule has 2 aliphatic heterocycles. The maximum atomic E-state index is 12.1. The van der Waals surface area contributed by atoms with Gasteiger partial charge in [0.05, 0.1) is 45.1 Å². The highest BCUT2D eigenvalue weighted by Crippen LogP contribution is 2.26. The molecule has 2 saturated heterocycles. The molecule has 0 saturated carbocycles. The third-order valence-electron chi connectivity index (χ3n) is 5.95. The zero-order valence-corrected chi connectivity index (χ0v) is 15.3. The number of piperazine rings is 1. The zero-order valence-electron chi connectivity index (χ0n) is 15.3. The first-order valence-corrected chi connectivity index (χ1v) is 9.25. The van der Waals surface area contributed by atoms with E-state index in [1.165, 1.54) is 18.7 Å². The minimum atomic E-state index is 0.236. The van der Waals surface area contributed by atoms with Crippen molar-refractivity contribution >= 4 is 5.78 Å². The lowest BCUT2D eigenvalue weighted by Crippen LogP contribution is -2.66. The van der Waals surface area contributed by atoms with Crippen LogP contribution < -0.4 is 4.74 Å². The average molecular weight is 331 g/mol. The number of hydrogen-bond donors (Lipinski definition) is 0. The van der Waals surface area contributed by atoms with Crippen molar-refractivity contribution in [3.8, 4) is 5.75 Å². The van der Waals surface area contributed by atoms with E-state index in [1.54, 1.807) is 7.11 Å². The number of quaternary nitrogens is 1. The SMILES string of the molecule is COc1ccc(CCN2CC[N+]3(CC2)CC(C)C(=O)C(C)C3)cc1. The standard InChI is InChI=1S/C20H31N2O2/c1-16-14-22(15-17(2)20(16)23)12-10-21(11-13-22)9-8-18-4-6-19(24-3)7-5-18/h4-7,16-17H,8-15H2,1-3H3/q+1. The summed E-state index contributed by atoms with van der Waals surface area (Å²) in [5.74, 6) is 1.87. The third kappa shape index (κ3) is 3.81. The molecular weight excluding hydrogens is 300 g/mol. The average Bonchev–Trinajstić information content (AvgIpc) is 2.60. The molecule has 2 fully saturated rings. The van der Waals surface area contributed by atoms with Crippen LogP contribution in [0.2, 0.25) is 0 Å². The van der Waals surface area contributed by atoms with Crippen LogP contribution in [-0.4, -0.2) is 68.1 Å². The van der Waals surface area contributed by atoms with Gasteiger partial charge in [0.15, 0.2) is 0 Å². The number of rotatable bonds is 4. The monoisotopic (exact) mass is 331 g/mol. The lowest BCUT2D eigenvalue weighted by atomic mass is 9.87. The smallest absolute Gasteiger partial charge is 0.149 e. The van der Waals surface area contributed by atoms with E-state index >= 15 is 0 Å². The summed E-state index contributed by atoms with van der Waals surface area (Å²) in [6.45, 7) is 12.2. The fourth-order valence-corrected chi connectivity index (χ4v) is 4.50. The van der Waals surface area contributed by atoms with E-state index in [9.17, 15) is 4.79 Å². The predicted molar refractivity (Wildman–Crippen MR) is 96.2 cm³/mol. The van der Waals surface area contributed by atoms with Crippen molar-refractivity contribution < 1.29 is 14.0 Å². The van der Waals surface area contributed by atoms with Gasteiger partial charge in [-0.3, -0.25) is 9.69 Å². The first kappa shape index (κ1) is 17.4. The molecule has 0 amide bonds. The number of carbonyl (C=O) groups excluding carboxylic acids is 1. The van der Waals surface area contributed by atoms with E-state index < -0.39 is 0 Å². The van der Waals surface area contributed by atoms with Crippen molar-refractivity contribution in [1.82, 2.24) is 4.90 Å². The number of hydrogen-bond acceptors (Lipinski definition) is 3. The van der Waals surface area contributed by atoms with Crippen molar-refractivity contribution in [3.63, 3.8) is 0 Å². The van der Waals surface area contributed by atoms with Gasteiger partial charge in [0.1, 0.15) is 11.5 Å². The first-order valence-electron chi connectivity index (χ1n) is 9.25. The number of methoxy groups -OCH3 is 1. The molecule has 3 rings (SSSR count). The topological polar surface area (TPSA) is 29.5 Å². The lowest BCUT2D eigenvalue weighted by molar-refractivity contribution is -0.938. The van der Waals surface area contributed by atoms with E-state index in [0.29, 0.717) is 5.78 Å². The minimum Gasteiger partial charge on any atom is -0.497 e. The Hall–Kier alpha value is -1.39. The first-order chi connectivity index (χ1) is 11.5. The second-order valence-corrected chi connectivity index (χ2v) is 7.80. The summed E-state index contributed by atoms with van der Waals surface area (Å²) in [6, 6.07) is 8.41. The molecule has 1 spiro atoms. The van der Waals surface area contributed by atoms with Crippen LogP contribution in [0.3, 0.4) is 0 Å². The molecule has 2 heterocycles. The van der Waals surface area contributed by atoms with E-state index in [1.807, 2.05) is 12.1 Å². The fraction of sp³-hybridized carbons (Fsp3) is 0.650. The molecule has 4 heteroatoms. The van der Waals surface area contributed by atoms with Crippen LogP contribution in [0, 0.1) is 11.8 Å². The summed E-state index contributed by atoms with van der Waals surface area (Å²) in [7, 11) is 1.71. The van der Waals surface area contributed by atoms with Gasteiger partial charge in [0.25, 0.3) is 0 Å². The van der Waals surface area contributed by atoms with Crippen LogP contribution in [0.5, 0.6) is 5.75 Å². The molecule has 1 aromatic carbocycles. The Kier molecular flexibility index (Phi) is 5.26. The van der Waals surface area contributed by atoms with Crippen molar-refractivity contribution in [3.05, 3.63) is 29.8 Å². The molecule has 132 valence electrons. The number of benzene rings is 1. The number of ketones is 1. The quantitative estimate of drug-likeness (QED) is 0.793. The fourth-order valence-electron chi connectivity index (χ4n) is 4.50. The second-order valence-electron chi connectivity index (χ2n) is 7.80. The van der Waals surface area contributed by atoms with Gasteiger partial charge in [0, 0.05) is 19.6 Å². The van der Waals surface area contributed by atoms with E-state index in [4.69, 9.17) is 4.74 Å². The summed E-state index contributed by atoms with van der Waals surface area (Å²) >= 11 is 0. The minimum absolute atomic E-state index is 0.236. The van der Waals surface area contributed by atoms with Gasteiger partial charge in [-0.15, -0.1) is 0 Å². The molecule has 2 aliphatic rings. The molecule has 0 N–H and O–H groups in total. The number of nitrogens with zero attached hydrogens (tertiary/aromatic N) is 2. The van der Waals surface area contributed by atoms with Gasteiger partial charge in [-0.05, 0) is 24.1 Å². The van der Waals surface area contributed by atoms with Crippen molar-refractivity contribution in [2.75, 3.05) is 52.9 Å². The zero-order chi connectivity index (χ0) is 17.2. The van der Waals surface area contributed by atoms with Gasteiger partial charge in [-0.25, -0.2) is 0 Å². The number of Topliss-reactive ketones (excluding diaryl/α,β-unsaturated/α-hetero) is 1. The van der Waals surface area contributed by atoms with Crippen molar-refractivity contribution in [2.24, 2.45) is 11.8 Å². The molecule has 0 aliphatic carbocycles. The normalized spacial score (nSPS) is 27.4. The van der Waals surface area contributed by atoms with Crippen LogP contribution in [0.15, 0.2) is 24.3 Å². The van der Waals surface area contributed by atoms with E-state index in [2.05, 4.69) is 30.9 Å². The Morgan fingerprint density at radius 2 is 1.67 bits per heavy atom. The van der Waals surface area contributed by atoms with Gasteiger partial charge >= 0.3 is 0 Å². The van der Waals surface area contributed by atoms with Crippen LogP contribution in [0.4, 0.5) is 0 Å². The summed E-state index contributed by atoms with van der Waals surface area (Å²) in [5, 5.41) is 0. The van der Waals surface area contributed by atoms with Gasteiger partial charge < -0.3 is 9.22 Å². The van der Waals surface area contributed by atoms with Gasteiger partial charge in [-0.1, -0.05) is 26.0 Å². The molecule has 0 aromatic heterocycles. The molecule has 0 bridgehead atoms. The summed E-state index contributed by atoms with van der Waals surface area (Å²) < 4.78 is 6.38. The van der Waals surface area contributed by atoms with Gasteiger partial charge in [0.2, 0.25) is 0 Å². The number of ether oxygens (including phenoxy) is 1. The Morgan fingerprint density at radius 1 is 1.08 bits per heavy atom. The molecule has 1 aromatic rings. The molecule has 2 unspecified atom stereocenters. The second kappa shape index (κ2) is 7.24. The highest BCUT2D eigenvalue weighted by atomic mass is 16.5. The van der Waals surface area contributed by atoms with Crippen molar-refractivity contribution in [1.29, 1.82) is 0 Å². The third-order valence-corrected chi connectivity index (χ3v) is 5.95. The van der Waals surface area contributed by atoms with E-state index in [0.717, 1.165) is 49.4 Å². The molecule has 2 atom stereocenters. The Morgan fingerprint density at radius 3 is 2.21 bits per heavy atom. The lowest BCUT2D eigenvalue weighted by Gasteiger charge is -2.49. The highest BCUT2D eigenvalue weighted by Gasteiger charge is 2.43. The summed E-state index contributed by atoms with van der Waals surface area (Å²) in [5.41, 5.74) is 1.37. The van der Waals surface area contributed by atoms with Crippen LogP contribution in [0.25, 0.3) is 0 Å². The predicted octanol–water partition coefficient (Wildman–Crippen LogP) is 2.22. The van der Waals surface area contributed by atoms with E-state index in [-0.39, 0.29) is 11.8 Å². The largest absolute Gasteiger partial charge is 0.497 e. The molecular formula is C20H31N2O2+. The maximum absolute atomic E-state index is 12.1. The summed E-state index contributed by atoms with van der Waals surface area (Å²) in [4.78, 5) is 14.7. The van der Waals surface area contributed by atoms with Crippen LogP contribution in [-0.2, 0) is 11.2 Å². The summed E-state index contributed by atoms with van der Waals surface area (Å²) in [6.07, 6.45) is 1.09. The van der Waals surface area contributed by atoms with Crippen LogP contribution in [0.1, 0.15) is 19.4 Å². The Bertz CT molecular complexity index is 546. The number of carbonyl (C=O) groups is 1. The number of piperidine rings is 1. The highest BCUT2D eigenvalue weighted by molar-refractivity contribution is 5.83. The molecule has 24 heavy (non-hydrogen) atoms.